The monoisotopic (exact) mass is 259 g/mol. The minimum atomic E-state index is -0.480. The van der Waals surface area contributed by atoms with Crippen LogP contribution >= 0.6 is 0 Å². The summed E-state index contributed by atoms with van der Waals surface area (Å²) < 4.78 is 6.25. The average Bonchev–Trinajstić information content (AvgIpc) is 2.69. The predicted octanol–water partition coefficient (Wildman–Crippen LogP) is 2.17. The number of carbonyl (C=O) groups excluding carboxylic acids is 1. The molecule has 100 valence electrons. The second kappa shape index (κ2) is 4.76. The smallest absolute Gasteiger partial charge is 0.343 e. The van der Waals surface area contributed by atoms with E-state index in [1.165, 1.54) is 18.9 Å². The van der Waals surface area contributed by atoms with Gasteiger partial charge in [0.25, 0.3) is 0 Å². The van der Waals surface area contributed by atoms with Crippen LogP contribution in [0.3, 0.4) is 0 Å². The summed E-state index contributed by atoms with van der Waals surface area (Å²) in [6.07, 6.45) is 1.43. The van der Waals surface area contributed by atoms with E-state index < -0.39 is 5.97 Å². The Hall–Kier alpha value is -2.30. The molecule has 0 amide bonds. The highest BCUT2D eigenvalue weighted by atomic mass is 16.5. The summed E-state index contributed by atoms with van der Waals surface area (Å²) in [5.41, 5.74) is 10.5. The maximum atomic E-state index is 11.5. The summed E-state index contributed by atoms with van der Waals surface area (Å²) in [4.78, 5) is 11.5. The number of esters is 1. The Labute approximate surface area is 112 Å². The van der Waals surface area contributed by atoms with Crippen molar-refractivity contribution in [2.75, 3.05) is 12.8 Å². The molecule has 19 heavy (non-hydrogen) atoms. The van der Waals surface area contributed by atoms with Crippen LogP contribution in [-0.4, -0.2) is 22.9 Å². The predicted molar refractivity (Wildman–Crippen MR) is 73.5 cm³/mol. The van der Waals surface area contributed by atoms with Crippen molar-refractivity contribution in [1.29, 1.82) is 0 Å². The van der Waals surface area contributed by atoms with Crippen LogP contribution in [0.15, 0.2) is 18.3 Å². The molecule has 0 spiro atoms. The molecule has 0 atom stereocenters. The molecule has 1 aromatic carbocycles. The molecule has 5 nitrogen and oxygen atoms in total. The van der Waals surface area contributed by atoms with Crippen molar-refractivity contribution in [3.63, 3.8) is 0 Å². The number of benzene rings is 1. The van der Waals surface area contributed by atoms with E-state index >= 15 is 0 Å². The third-order valence-corrected chi connectivity index (χ3v) is 3.06. The van der Waals surface area contributed by atoms with Crippen LogP contribution in [0.2, 0.25) is 0 Å². The minimum absolute atomic E-state index is 0.280. The number of ether oxygens (including phenoxy) is 1. The Balaban J connectivity index is 2.61. The molecule has 0 aliphatic rings. The Morgan fingerprint density at radius 2 is 1.84 bits per heavy atom. The van der Waals surface area contributed by atoms with E-state index in [-0.39, 0.29) is 5.56 Å². The van der Waals surface area contributed by atoms with Gasteiger partial charge in [0.15, 0.2) is 0 Å². The number of rotatable bonds is 2. The van der Waals surface area contributed by atoms with Crippen LogP contribution < -0.4 is 5.73 Å². The summed E-state index contributed by atoms with van der Waals surface area (Å²) in [6.45, 7) is 6.03. The molecule has 0 aliphatic carbocycles. The van der Waals surface area contributed by atoms with Gasteiger partial charge in [-0.05, 0) is 31.9 Å². The lowest BCUT2D eigenvalue weighted by Gasteiger charge is -2.12. The maximum Gasteiger partial charge on any atom is 0.343 e. The van der Waals surface area contributed by atoms with Crippen LogP contribution in [0.4, 0.5) is 5.82 Å². The van der Waals surface area contributed by atoms with Crippen molar-refractivity contribution in [3.8, 4) is 5.69 Å². The summed E-state index contributed by atoms with van der Waals surface area (Å²) in [7, 11) is 1.32. The molecule has 0 bridgehead atoms. The largest absolute Gasteiger partial charge is 0.465 e. The van der Waals surface area contributed by atoms with Crippen LogP contribution in [-0.2, 0) is 4.74 Å². The van der Waals surface area contributed by atoms with Crippen LogP contribution in [0.1, 0.15) is 27.0 Å². The molecule has 0 aliphatic heterocycles. The minimum Gasteiger partial charge on any atom is -0.465 e. The molecule has 2 rings (SSSR count). The van der Waals surface area contributed by atoms with Gasteiger partial charge in [0.1, 0.15) is 11.4 Å². The van der Waals surface area contributed by atoms with Crippen molar-refractivity contribution in [2.24, 2.45) is 0 Å². The van der Waals surface area contributed by atoms with E-state index in [1.54, 1.807) is 4.68 Å². The zero-order chi connectivity index (χ0) is 14.2. The molecule has 0 saturated heterocycles. The lowest BCUT2D eigenvalue weighted by atomic mass is 10.1. The van der Waals surface area contributed by atoms with Crippen molar-refractivity contribution in [3.05, 3.63) is 40.6 Å². The van der Waals surface area contributed by atoms with Gasteiger partial charge in [0.2, 0.25) is 0 Å². The number of hydrogen-bond acceptors (Lipinski definition) is 4. The second-order valence-electron chi connectivity index (χ2n) is 4.59. The zero-order valence-corrected chi connectivity index (χ0v) is 11.5. The topological polar surface area (TPSA) is 70.1 Å². The Bertz CT molecular complexity index is 621. The molecule has 0 saturated carbocycles. The van der Waals surface area contributed by atoms with Gasteiger partial charge in [-0.3, -0.25) is 0 Å². The third-order valence-electron chi connectivity index (χ3n) is 3.06. The van der Waals surface area contributed by atoms with Gasteiger partial charge in [-0.15, -0.1) is 0 Å². The molecule has 0 unspecified atom stereocenters. The molecule has 2 aromatic rings. The molecule has 1 heterocycles. The molecule has 0 radical (unpaired) electrons. The average molecular weight is 259 g/mol. The number of nitrogen functional groups attached to an aromatic ring is 1. The second-order valence-corrected chi connectivity index (χ2v) is 4.59. The highest BCUT2D eigenvalue weighted by molar-refractivity contribution is 5.94. The summed E-state index contributed by atoms with van der Waals surface area (Å²) in [5, 5.41) is 4.20. The zero-order valence-electron chi connectivity index (χ0n) is 11.5. The molecule has 0 fully saturated rings. The van der Waals surface area contributed by atoms with Gasteiger partial charge < -0.3 is 10.5 Å². The fourth-order valence-electron chi connectivity index (χ4n) is 2.31. The summed E-state index contributed by atoms with van der Waals surface area (Å²) in [6, 6.07) is 4.11. The highest BCUT2D eigenvalue weighted by Gasteiger charge is 2.18. The van der Waals surface area contributed by atoms with E-state index in [9.17, 15) is 4.79 Å². The van der Waals surface area contributed by atoms with Gasteiger partial charge in [0.05, 0.1) is 19.0 Å². The highest BCUT2D eigenvalue weighted by Crippen LogP contribution is 2.24. The molecule has 1 aromatic heterocycles. The van der Waals surface area contributed by atoms with Crippen LogP contribution in [0, 0.1) is 20.8 Å². The SMILES string of the molecule is COC(=O)c1cnn(-c2c(C)cc(C)cc2C)c1N. The van der Waals surface area contributed by atoms with Crippen molar-refractivity contribution in [1.82, 2.24) is 9.78 Å². The van der Waals surface area contributed by atoms with Gasteiger partial charge in [-0.25, -0.2) is 9.48 Å². The first-order valence-electron chi connectivity index (χ1n) is 5.95. The number of methoxy groups -OCH3 is 1. The first-order chi connectivity index (χ1) is 8.95. The fourth-order valence-corrected chi connectivity index (χ4v) is 2.31. The Kier molecular flexibility index (Phi) is 3.29. The lowest BCUT2D eigenvalue weighted by molar-refractivity contribution is 0.0602. The number of hydrogen-bond donors (Lipinski definition) is 1. The van der Waals surface area contributed by atoms with E-state index in [0.717, 1.165) is 16.8 Å². The normalized spacial score (nSPS) is 10.5. The Morgan fingerprint density at radius 1 is 1.26 bits per heavy atom. The van der Waals surface area contributed by atoms with E-state index in [1.807, 2.05) is 20.8 Å². The number of carbonyl (C=O) groups is 1. The summed E-state index contributed by atoms with van der Waals surface area (Å²) >= 11 is 0. The van der Waals surface area contributed by atoms with Crippen molar-refractivity contribution >= 4 is 11.8 Å². The molecule has 5 heteroatoms. The number of anilines is 1. The molecular weight excluding hydrogens is 242 g/mol. The van der Waals surface area contributed by atoms with Gasteiger partial charge >= 0.3 is 5.97 Å². The van der Waals surface area contributed by atoms with E-state index in [0.29, 0.717) is 5.82 Å². The van der Waals surface area contributed by atoms with Crippen molar-refractivity contribution < 1.29 is 9.53 Å². The van der Waals surface area contributed by atoms with Gasteiger partial charge in [-0.2, -0.15) is 5.10 Å². The lowest BCUT2D eigenvalue weighted by Crippen LogP contribution is -2.09. The number of nitrogens with zero attached hydrogens (tertiary/aromatic N) is 2. The van der Waals surface area contributed by atoms with Gasteiger partial charge in [0, 0.05) is 0 Å². The first kappa shape index (κ1) is 13.1. The Morgan fingerprint density at radius 3 is 2.37 bits per heavy atom. The molecule has 2 N–H and O–H groups in total. The molecular formula is C14H17N3O2. The maximum absolute atomic E-state index is 11.5. The van der Waals surface area contributed by atoms with Gasteiger partial charge in [-0.1, -0.05) is 17.7 Å². The van der Waals surface area contributed by atoms with E-state index in [2.05, 4.69) is 22.0 Å². The van der Waals surface area contributed by atoms with Crippen molar-refractivity contribution in [2.45, 2.75) is 20.8 Å². The van der Waals surface area contributed by atoms with E-state index in [4.69, 9.17) is 5.73 Å². The first-order valence-corrected chi connectivity index (χ1v) is 5.95. The quantitative estimate of drug-likeness (QED) is 0.839. The number of aryl methyl sites for hydroxylation is 3. The summed E-state index contributed by atoms with van der Waals surface area (Å²) in [5.74, 6) is -0.187. The third kappa shape index (κ3) is 2.19. The number of nitrogens with two attached hydrogens (primary N) is 1. The standard InChI is InChI=1S/C14H17N3O2/c1-8-5-9(2)12(10(3)6-8)17-13(15)11(7-16-17)14(18)19-4/h5-7H,15H2,1-4H3. The van der Waals surface area contributed by atoms with Crippen LogP contribution in [0.25, 0.3) is 5.69 Å². The number of aromatic nitrogens is 2. The fraction of sp³-hybridized carbons (Fsp3) is 0.286. The van der Waals surface area contributed by atoms with Crippen LogP contribution in [0.5, 0.6) is 0 Å².